The standard InChI is InChI=1S/C16H23FN2O3.ClH/c1-16(8-2-3-9-19-16)15(21)18-10-13(20)11-22-14-6-4-12(17)5-7-14;/h4-7,13,19-20H,2-3,8-11H2,1H3,(H,18,21);1H. The average Bonchev–Trinajstić information content (AvgIpc) is 2.52. The summed E-state index contributed by atoms with van der Waals surface area (Å²) < 4.78 is 18.1. The molecule has 1 heterocycles. The molecule has 0 aromatic heterocycles. The lowest BCUT2D eigenvalue weighted by molar-refractivity contribution is -0.128. The van der Waals surface area contributed by atoms with Crippen LogP contribution >= 0.6 is 12.4 Å². The predicted molar refractivity (Wildman–Crippen MR) is 88.4 cm³/mol. The Labute approximate surface area is 142 Å². The van der Waals surface area contributed by atoms with E-state index in [9.17, 15) is 14.3 Å². The first kappa shape index (κ1) is 19.7. The Balaban J connectivity index is 0.00000264. The minimum Gasteiger partial charge on any atom is -0.491 e. The molecule has 7 heteroatoms. The third kappa shape index (κ3) is 5.97. The quantitative estimate of drug-likeness (QED) is 0.732. The van der Waals surface area contributed by atoms with Crippen LogP contribution in [0.5, 0.6) is 5.75 Å². The molecule has 3 N–H and O–H groups in total. The van der Waals surface area contributed by atoms with Crippen LogP contribution in [0.15, 0.2) is 24.3 Å². The van der Waals surface area contributed by atoms with Crippen LogP contribution in [0.2, 0.25) is 0 Å². The summed E-state index contributed by atoms with van der Waals surface area (Å²) in [6, 6.07) is 5.57. The Kier molecular flexibility index (Phi) is 7.75. The van der Waals surface area contributed by atoms with E-state index in [0.29, 0.717) is 5.75 Å². The van der Waals surface area contributed by atoms with Crippen LogP contribution in [0.4, 0.5) is 4.39 Å². The van der Waals surface area contributed by atoms with Crippen LogP contribution in [0.3, 0.4) is 0 Å². The van der Waals surface area contributed by atoms with Crippen molar-refractivity contribution in [3.63, 3.8) is 0 Å². The second kappa shape index (κ2) is 9.05. The lowest BCUT2D eigenvalue weighted by Gasteiger charge is -2.33. The highest BCUT2D eigenvalue weighted by Gasteiger charge is 2.34. The molecule has 1 aromatic rings. The van der Waals surface area contributed by atoms with Gasteiger partial charge >= 0.3 is 0 Å². The molecule has 1 aromatic carbocycles. The fourth-order valence-electron chi connectivity index (χ4n) is 2.44. The predicted octanol–water partition coefficient (Wildman–Crippen LogP) is 1.64. The van der Waals surface area contributed by atoms with Crippen LogP contribution in [0, 0.1) is 5.82 Å². The molecule has 1 aliphatic heterocycles. The molecular formula is C16H24ClFN2O3. The number of benzene rings is 1. The first-order chi connectivity index (χ1) is 10.5. The van der Waals surface area contributed by atoms with E-state index in [-0.39, 0.29) is 37.3 Å². The first-order valence-corrected chi connectivity index (χ1v) is 7.59. The zero-order chi connectivity index (χ0) is 16.0. The number of piperidine rings is 1. The number of nitrogens with one attached hydrogen (secondary N) is 2. The van der Waals surface area contributed by atoms with Gasteiger partial charge < -0.3 is 20.5 Å². The van der Waals surface area contributed by atoms with E-state index < -0.39 is 11.6 Å². The molecule has 0 saturated carbocycles. The maximum atomic E-state index is 12.7. The second-order valence-electron chi connectivity index (χ2n) is 5.84. The van der Waals surface area contributed by atoms with E-state index in [2.05, 4.69) is 10.6 Å². The van der Waals surface area contributed by atoms with Gasteiger partial charge in [-0.1, -0.05) is 0 Å². The summed E-state index contributed by atoms with van der Waals surface area (Å²) in [5, 5.41) is 15.8. The normalized spacial score (nSPS) is 21.9. The van der Waals surface area contributed by atoms with Crippen molar-refractivity contribution in [1.82, 2.24) is 10.6 Å². The molecule has 0 aliphatic carbocycles. The highest BCUT2D eigenvalue weighted by atomic mass is 35.5. The number of ether oxygens (including phenoxy) is 1. The van der Waals surface area contributed by atoms with Gasteiger partial charge in [0.2, 0.25) is 5.91 Å². The van der Waals surface area contributed by atoms with Crippen molar-refractivity contribution in [2.75, 3.05) is 19.7 Å². The summed E-state index contributed by atoms with van der Waals surface area (Å²) in [5.74, 6) is 0.0362. The second-order valence-corrected chi connectivity index (χ2v) is 5.84. The molecule has 0 spiro atoms. The molecule has 1 saturated heterocycles. The number of hydrogen-bond donors (Lipinski definition) is 3. The Hall–Kier alpha value is -1.37. The van der Waals surface area contributed by atoms with Gasteiger partial charge in [0.05, 0.1) is 5.54 Å². The van der Waals surface area contributed by atoms with E-state index in [4.69, 9.17) is 4.74 Å². The fourth-order valence-corrected chi connectivity index (χ4v) is 2.44. The Morgan fingerprint density at radius 1 is 1.43 bits per heavy atom. The molecule has 1 fully saturated rings. The topological polar surface area (TPSA) is 70.6 Å². The summed E-state index contributed by atoms with van der Waals surface area (Å²) in [4.78, 5) is 12.2. The molecular weight excluding hydrogens is 323 g/mol. The summed E-state index contributed by atoms with van der Waals surface area (Å²) in [5.41, 5.74) is -0.560. The van der Waals surface area contributed by atoms with Gasteiger partial charge in [0.15, 0.2) is 0 Å². The van der Waals surface area contributed by atoms with Gasteiger partial charge in [-0.3, -0.25) is 4.79 Å². The number of aliphatic hydroxyl groups excluding tert-OH is 1. The van der Waals surface area contributed by atoms with Gasteiger partial charge in [-0.25, -0.2) is 4.39 Å². The molecule has 2 rings (SSSR count). The van der Waals surface area contributed by atoms with Crippen LogP contribution in [-0.4, -0.2) is 42.4 Å². The summed E-state index contributed by atoms with van der Waals surface area (Å²) in [6.45, 7) is 2.87. The number of aliphatic hydroxyl groups is 1. The summed E-state index contributed by atoms with van der Waals surface area (Å²) >= 11 is 0. The van der Waals surface area contributed by atoms with Crippen molar-refractivity contribution >= 4 is 18.3 Å². The van der Waals surface area contributed by atoms with E-state index in [0.717, 1.165) is 25.8 Å². The average molecular weight is 347 g/mol. The van der Waals surface area contributed by atoms with Gasteiger partial charge in [0.1, 0.15) is 24.3 Å². The van der Waals surface area contributed by atoms with Crippen molar-refractivity contribution in [3.05, 3.63) is 30.1 Å². The third-order valence-corrected chi connectivity index (χ3v) is 3.87. The van der Waals surface area contributed by atoms with Crippen LogP contribution in [-0.2, 0) is 4.79 Å². The van der Waals surface area contributed by atoms with Crippen molar-refractivity contribution in [2.45, 2.75) is 37.8 Å². The van der Waals surface area contributed by atoms with Crippen molar-refractivity contribution in [3.8, 4) is 5.75 Å². The summed E-state index contributed by atoms with van der Waals surface area (Å²) in [7, 11) is 0. The third-order valence-electron chi connectivity index (χ3n) is 3.87. The first-order valence-electron chi connectivity index (χ1n) is 7.59. The van der Waals surface area contributed by atoms with Gasteiger partial charge in [0, 0.05) is 6.54 Å². The molecule has 1 amide bonds. The van der Waals surface area contributed by atoms with Crippen molar-refractivity contribution in [2.24, 2.45) is 0 Å². The van der Waals surface area contributed by atoms with E-state index in [1.54, 1.807) is 0 Å². The Bertz CT molecular complexity index is 493. The molecule has 0 radical (unpaired) electrons. The van der Waals surface area contributed by atoms with E-state index >= 15 is 0 Å². The molecule has 2 unspecified atom stereocenters. The molecule has 5 nitrogen and oxygen atoms in total. The van der Waals surface area contributed by atoms with Crippen molar-refractivity contribution in [1.29, 1.82) is 0 Å². The van der Waals surface area contributed by atoms with Crippen LogP contribution < -0.4 is 15.4 Å². The monoisotopic (exact) mass is 346 g/mol. The summed E-state index contributed by atoms with van der Waals surface area (Å²) in [6.07, 6.45) is 2.08. The zero-order valence-electron chi connectivity index (χ0n) is 13.2. The minimum absolute atomic E-state index is 0. The number of halogens is 2. The largest absolute Gasteiger partial charge is 0.491 e. The van der Waals surface area contributed by atoms with Gasteiger partial charge in [-0.15, -0.1) is 12.4 Å². The van der Waals surface area contributed by atoms with E-state index in [1.165, 1.54) is 24.3 Å². The lowest BCUT2D eigenvalue weighted by atomic mass is 9.90. The molecule has 0 bridgehead atoms. The van der Waals surface area contributed by atoms with E-state index in [1.807, 2.05) is 6.92 Å². The van der Waals surface area contributed by atoms with Crippen molar-refractivity contribution < 1.29 is 19.0 Å². The number of carbonyl (C=O) groups excluding carboxylic acids is 1. The Morgan fingerprint density at radius 2 is 2.13 bits per heavy atom. The Morgan fingerprint density at radius 3 is 2.74 bits per heavy atom. The molecule has 23 heavy (non-hydrogen) atoms. The highest BCUT2D eigenvalue weighted by Crippen LogP contribution is 2.18. The SMILES string of the molecule is CC1(C(=O)NCC(O)COc2ccc(F)cc2)CCCCN1.Cl. The number of hydrogen-bond acceptors (Lipinski definition) is 4. The van der Waals surface area contributed by atoms with Gasteiger partial charge in [-0.2, -0.15) is 0 Å². The fraction of sp³-hybridized carbons (Fsp3) is 0.562. The maximum absolute atomic E-state index is 12.7. The van der Waals surface area contributed by atoms with Crippen LogP contribution in [0.25, 0.3) is 0 Å². The van der Waals surface area contributed by atoms with Gasteiger partial charge in [-0.05, 0) is 57.0 Å². The maximum Gasteiger partial charge on any atom is 0.240 e. The number of amides is 1. The smallest absolute Gasteiger partial charge is 0.240 e. The molecule has 2 atom stereocenters. The zero-order valence-corrected chi connectivity index (χ0v) is 14.0. The van der Waals surface area contributed by atoms with Gasteiger partial charge in [0.25, 0.3) is 0 Å². The van der Waals surface area contributed by atoms with Crippen LogP contribution in [0.1, 0.15) is 26.2 Å². The number of carbonyl (C=O) groups is 1. The highest BCUT2D eigenvalue weighted by molar-refractivity contribution is 5.86. The minimum atomic E-state index is -0.818. The lowest BCUT2D eigenvalue weighted by Crippen LogP contribution is -2.57. The molecule has 1 aliphatic rings. The molecule has 130 valence electrons. The number of rotatable bonds is 6.